The van der Waals surface area contributed by atoms with Crippen LogP contribution >= 0.6 is 0 Å². The van der Waals surface area contributed by atoms with Crippen LogP contribution in [0.5, 0.6) is 0 Å². The third-order valence-corrected chi connectivity index (χ3v) is 3.71. The van der Waals surface area contributed by atoms with Crippen LogP contribution in [0.25, 0.3) is 0 Å². The number of aliphatic carboxylic acids is 1. The quantitative estimate of drug-likeness (QED) is 0.444. The van der Waals surface area contributed by atoms with Crippen LogP contribution in [-0.4, -0.2) is 59.5 Å². The number of carbonyl (C=O) groups is 2. The molecule has 10 heteroatoms. The molecule has 118 valence electrons. The largest absolute Gasteiger partial charge is 0.480 e. The van der Waals surface area contributed by atoms with Crippen molar-refractivity contribution < 1.29 is 23.1 Å². The van der Waals surface area contributed by atoms with Crippen molar-refractivity contribution >= 4 is 21.7 Å². The summed E-state index contributed by atoms with van der Waals surface area (Å²) in [6, 6.07) is -2.24. The molecule has 0 bridgehead atoms. The molecule has 9 nitrogen and oxygen atoms in total. The number of sulfone groups is 1. The van der Waals surface area contributed by atoms with E-state index in [4.69, 9.17) is 10.8 Å². The Balaban J connectivity index is 2.58. The standard InChI is InChI=1S/C11H18N4O5S/c1-21(19,20)3-2-8(12)10(16)15-9(11(17)18)4-7-5-13-6-14-7/h5-6,8-9H,2-4,12H2,1H3,(H,13,14)(H,15,16)(H,17,18)/t8?,9-/m1/s1. The maximum absolute atomic E-state index is 11.8. The maximum atomic E-state index is 11.8. The van der Waals surface area contributed by atoms with E-state index in [1.807, 2.05) is 0 Å². The number of aromatic nitrogens is 2. The third kappa shape index (κ3) is 6.36. The lowest BCUT2D eigenvalue weighted by Gasteiger charge is -2.17. The molecule has 0 saturated heterocycles. The number of carboxylic acid groups (broad SMARTS) is 1. The van der Waals surface area contributed by atoms with Gasteiger partial charge in [0.15, 0.2) is 0 Å². The minimum atomic E-state index is -3.23. The van der Waals surface area contributed by atoms with Crippen LogP contribution < -0.4 is 11.1 Å². The van der Waals surface area contributed by atoms with Gasteiger partial charge in [-0.05, 0) is 6.42 Å². The van der Waals surface area contributed by atoms with E-state index in [1.165, 1.54) is 12.5 Å². The molecule has 1 rings (SSSR count). The van der Waals surface area contributed by atoms with E-state index in [0.29, 0.717) is 5.69 Å². The Hall–Kier alpha value is -1.94. The van der Waals surface area contributed by atoms with E-state index in [0.717, 1.165) is 6.26 Å². The van der Waals surface area contributed by atoms with E-state index in [1.54, 1.807) is 0 Å². The SMILES string of the molecule is CS(=O)(=O)CCC(N)C(=O)N[C@H](Cc1cnc[nH]1)C(=O)O. The lowest BCUT2D eigenvalue weighted by Crippen LogP contribution is -2.49. The molecule has 0 aromatic carbocycles. The van der Waals surface area contributed by atoms with Gasteiger partial charge in [0.2, 0.25) is 5.91 Å². The fourth-order valence-electron chi connectivity index (χ4n) is 1.57. The predicted molar refractivity (Wildman–Crippen MR) is 74.2 cm³/mol. The normalized spacial score (nSPS) is 14.4. The van der Waals surface area contributed by atoms with Gasteiger partial charge in [-0.3, -0.25) is 4.79 Å². The summed E-state index contributed by atoms with van der Waals surface area (Å²) in [6.45, 7) is 0. The topological polar surface area (TPSA) is 155 Å². The average Bonchev–Trinajstić information content (AvgIpc) is 2.86. The molecule has 0 fully saturated rings. The van der Waals surface area contributed by atoms with Crippen LogP contribution in [0.2, 0.25) is 0 Å². The highest BCUT2D eigenvalue weighted by Gasteiger charge is 2.24. The number of aromatic amines is 1. The first kappa shape index (κ1) is 17.1. The summed E-state index contributed by atoms with van der Waals surface area (Å²) in [5, 5.41) is 11.4. The van der Waals surface area contributed by atoms with Crippen molar-refractivity contribution in [3.05, 3.63) is 18.2 Å². The van der Waals surface area contributed by atoms with Gasteiger partial charge in [-0.25, -0.2) is 18.2 Å². The Morgan fingerprint density at radius 2 is 2.19 bits per heavy atom. The van der Waals surface area contributed by atoms with Crippen molar-refractivity contribution in [2.75, 3.05) is 12.0 Å². The molecule has 21 heavy (non-hydrogen) atoms. The lowest BCUT2D eigenvalue weighted by atomic mass is 10.1. The van der Waals surface area contributed by atoms with Gasteiger partial charge < -0.3 is 21.1 Å². The molecule has 0 spiro atoms. The number of nitrogens with one attached hydrogen (secondary N) is 2. The molecule has 1 amide bonds. The number of imidazole rings is 1. The number of hydrogen-bond acceptors (Lipinski definition) is 6. The number of nitrogens with zero attached hydrogens (tertiary/aromatic N) is 1. The van der Waals surface area contributed by atoms with E-state index in [2.05, 4.69) is 15.3 Å². The highest BCUT2D eigenvalue weighted by Crippen LogP contribution is 2.01. The Bertz CT molecular complexity index is 584. The fraction of sp³-hybridized carbons (Fsp3) is 0.545. The van der Waals surface area contributed by atoms with Gasteiger partial charge in [-0.2, -0.15) is 0 Å². The van der Waals surface area contributed by atoms with E-state index < -0.39 is 33.8 Å². The average molecular weight is 318 g/mol. The zero-order chi connectivity index (χ0) is 16.0. The van der Waals surface area contributed by atoms with Crippen LogP contribution in [0.3, 0.4) is 0 Å². The zero-order valence-corrected chi connectivity index (χ0v) is 12.3. The molecule has 0 aliphatic carbocycles. The van der Waals surface area contributed by atoms with E-state index in [-0.39, 0.29) is 18.6 Å². The minimum absolute atomic E-state index is 0.0276. The Labute approximate surface area is 121 Å². The van der Waals surface area contributed by atoms with Crippen LogP contribution in [0, 0.1) is 0 Å². The first-order valence-electron chi connectivity index (χ1n) is 6.13. The summed E-state index contributed by atoms with van der Waals surface area (Å²) in [5.41, 5.74) is 6.11. The molecule has 1 heterocycles. The second-order valence-corrected chi connectivity index (χ2v) is 6.97. The molecule has 5 N–H and O–H groups in total. The summed E-state index contributed by atoms with van der Waals surface area (Å²) in [7, 11) is -3.23. The van der Waals surface area contributed by atoms with Crippen LogP contribution in [0.4, 0.5) is 0 Å². The Morgan fingerprint density at radius 3 is 2.67 bits per heavy atom. The highest BCUT2D eigenvalue weighted by atomic mass is 32.2. The molecule has 0 aliphatic rings. The first-order chi connectivity index (χ1) is 9.69. The van der Waals surface area contributed by atoms with Crippen molar-refractivity contribution in [2.45, 2.75) is 24.9 Å². The minimum Gasteiger partial charge on any atom is -0.480 e. The van der Waals surface area contributed by atoms with Crippen molar-refractivity contribution in [3.63, 3.8) is 0 Å². The van der Waals surface area contributed by atoms with Crippen LogP contribution in [-0.2, 0) is 25.8 Å². The second kappa shape index (κ2) is 7.18. The van der Waals surface area contributed by atoms with Gasteiger partial charge in [0.05, 0.1) is 18.1 Å². The first-order valence-corrected chi connectivity index (χ1v) is 8.19. The van der Waals surface area contributed by atoms with E-state index in [9.17, 15) is 18.0 Å². The molecule has 2 atom stereocenters. The number of hydrogen-bond donors (Lipinski definition) is 4. The van der Waals surface area contributed by atoms with Crippen molar-refractivity contribution in [3.8, 4) is 0 Å². The van der Waals surface area contributed by atoms with Gasteiger partial charge in [0, 0.05) is 24.6 Å². The molecular weight excluding hydrogens is 300 g/mol. The van der Waals surface area contributed by atoms with E-state index >= 15 is 0 Å². The summed E-state index contributed by atoms with van der Waals surface area (Å²) in [5.74, 6) is -2.15. The Kier molecular flexibility index (Phi) is 5.85. The van der Waals surface area contributed by atoms with Gasteiger partial charge >= 0.3 is 5.97 Å². The van der Waals surface area contributed by atoms with Gasteiger partial charge in [0.1, 0.15) is 15.9 Å². The number of rotatable bonds is 8. The lowest BCUT2D eigenvalue weighted by molar-refractivity contribution is -0.142. The molecule has 0 aliphatic heterocycles. The summed E-state index contributed by atoms with van der Waals surface area (Å²) >= 11 is 0. The third-order valence-electron chi connectivity index (χ3n) is 2.73. The van der Waals surface area contributed by atoms with Crippen molar-refractivity contribution in [2.24, 2.45) is 5.73 Å². The fourth-order valence-corrected chi connectivity index (χ4v) is 2.25. The predicted octanol–water partition coefficient (Wildman–Crippen LogP) is -1.72. The smallest absolute Gasteiger partial charge is 0.326 e. The highest BCUT2D eigenvalue weighted by molar-refractivity contribution is 7.90. The summed E-state index contributed by atoms with van der Waals surface area (Å²) in [6.07, 6.45) is 3.84. The summed E-state index contributed by atoms with van der Waals surface area (Å²) < 4.78 is 22.0. The number of amides is 1. The van der Waals surface area contributed by atoms with Crippen LogP contribution in [0.1, 0.15) is 12.1 Å². The number of nitrogens with two attached hydrogens (primary N) is 1. The summed E-state index contributed by atoms with van der Waals surface area (Å²) in [4.78, 5) is 29.4. The van der Waals surface area contributed by atoms with Crippen LogP contribution in [0.15, 0.2) is 12.5 Å². The molecule has 0 radical (unpaired) electrons. The molecule has 1 aromatic rings. The second-order valence-electron chi connectivity index (χ2n) is 4.71. The number of carboxylic acids is 1. The van der Waals surface area contributed by atoms with Gasteiger partial charge in [0.25, 0.3) is 0 Å². The maximum Gasteiger partial charge on any atom is 0.326 e. The molecular formula is C11H18N4O5S. The number of H-pyrrole nitrogens is 1. The van der Waals surface area contributed by atoms with Gasteiger partial charge in [-0.15, -0.1) is 0 Å². The molecule has 0 saturated carbocycles. The number of carbonyl (C=O) groups excluding carboxylic acids is 1. The van der Waals surface area contributed by atoms with Crippen molar-refractivity contribution in [1.29, 1.82) is 0 Å². The van der Waals surface area contributed by atoms with Crippen molar-refractivity contribution in [1.82, 2.24) is 15.3 Å². The molecule has 1 unspecified atom stereocenters. The zero-order valence-electron chi connectivity index (χ0n) is 11.4. The Morgan fingerprint density at radius 1 is 1.52 bits per heavy atom. The molecule has 1 aromatic heterocycles. The monoisotopic (exact) mass is 318 g/mol. The van der Waals surface area contributed by atoms with Gasteiger partial charge in [-0.1, -0.05) is 0 Å².